The van der Waals surface area contributed by atoms with Gasteiger partial charge in [-0.3, -0.25) is 4.79 Å². The lowest BCUT2D eigenvalue weighted by Crippen LogP contribution is -2.51. The number of likely N-dealkylation sites (tertiary alicyclic amines) is 1. The second-order valence-electron chi connectivity index (χ2n) is 6.18. The Morgan fingerprint density at radius 1 is 1.32 bits per heavy atom. The molecule has 0 radical (unpaired) electrons. The zero-order chi connectivity index (χ0) is 18.2. The summed E-state index contributed by atoms with van der Waals surface area (Å²) in [5, 5.41) is 14.5. The molecule has 1 aromatic rings. The van der Waals surface area contributed by atoms with E-state index in [9.17, 15) is 9.59 Å². The number of benzene rings is 1. The van der Waals surface area contributed by atoms with Crippen molar-refractivity contribution in [3.05, 3.63) is 29.8 Å². The summed E-state index contributed by atoms with van der Waals surface area (Å²) >= 11 is 0. The molecular weight excluding hydrogens is 320 g/mol. The zero-order valence-electron chi connectivity index (χ0n) is 14.6. The van der Waals surface area contributed by atoms with Crippen LogP contribution in [-0.4, -0.2) is 49.7 Å². The zero-order valence-corrected chi connectivity index (χ0v) is 14.6. The molecule has 3 amide bonds. The Morgan fingerprint density at radius 3 is 2.68 bits per heavy atom. The third-order valence-corrected chi connectivity index (χ3v) is 4.38. The summed E-state index contributed by atoms with van der Waals surface area (Å²) in [4.78, 5) is 26.5. The Bertz CT molecular complexity index is 639. The molecule has 0 bridgehead atoms. The van der Waals surface area contributed by atoms with Gasteiger partial charge in [0, 0.05) is 31.9 Å². The first kappa shape index (κ1) is 18.7. The molecule has 0 spiro atoms. The molecule has 2 rings (SSSR count). The summed E-state index contributed by atoms with van der Waals surface area (Å²) < 4.78 is 4.93. The second kappa shape index (κ2) is 9.04. The van der Waals surface area contributed by atoms with Crippen LogP contribution in [0.5, 0.6) is 0 Å². The number of rotatable bonds is 5. The van der Waals surface area contributed by atoms with Gasteiger partial charge in [-0.15, -0.1) is 0 Å². The van der Waals surface area contributed by atoms with Crippen LogP contribution in [0.4, 0.5) is 10.5 Å². The molecule has 7 nitrogen and oxygen atoms in total. The van der Waals surface area contributed by atoms with E-state index in [1.165, 1.54) is 0 Å². The van der Waals surface area contributed by atoms with Gasteiger partial charge >= 0.3 is 6.03 Å². The van der Waals surface area contributed by atoms with E-state index in [0.29, 0.717) is 30.9 Å². The van der Waals surface area contributed by atoms with Gasteiger partial charge in [0.2, 0.25) is 5.91 Å². The highest BCUT2D eigenvalue weighted by Crippen LogP contribution is 2.23. The maximum Gasteiger partial charge on any atom is 0.322 e. The number of methoxy groups -OCH3 is 1. The summed E-state index contributed by atoms with van der Waals surface area (Å²) in [6.45, 7) is 3.32. The van der Waals surface area contributed by atoms with Gasteiger partial charge in [-0.25, -0.2) is 4.79 Å². The van der Waals surface area contributed by atoms with Gasteiger partial charge < -0.3 is 20.3 Å². The van der Waals surface area contributed by atoms with Crippen LogP contribution in [0.2, 0.25) is 0 Å². The van der Waals surface area contributed by atoms with E-state index in [2.05, 4.69) is 10.6 Å². The number of urea groups is 1. The van der Waals surface area contributed by atoms with Gasteiger partial charge in [-0.1, -0.05) is 0 Å². The van der Waals surface area contributed by atoms with Crippen LogP contribution in [0.25, 0.3) is 0 Å². The standard InChI is InChI=1S/C18H24N4O3/c1-13-3-6-15(17(23)20-9-10-25-2)12-22(13)18(24)21-16-7-4-14(11-19)5-8-16/h4-5,7-8,13,15H,3,6,9-10,12H2,1-2H3,(H,20,23)(H,21,24)/t13-,15-/m0/s1. The largest absolute Gasteiger partial charge is 0.383 e. The van der Waals surface area contributed by atoms with Crippen LogP contribution in [0.1, 0.15) is 25.3 Å². The number of amides is 3. The van der Waals surface area contributed by atoms with Gasteiger partial charge in [0.05, 0.1) is 24.2 Å². The number of carbonyl (C=O) groups is 2. The van der Waals surface area contributed by atoms with Crippen molar-refractivity contribution >= 4 is 17.6 Å². The number of anilines is 1. The van der Waals surface area contributed by atoms with Crippen molar-refractivity contribution in [2.45, 2.75) is 25.8 Å². The van der Waals surface area contributed by atoms with Gasteiger partial charge in [0.1, 0.15) is 0 Å². The minimum Gasteiger partial charge on any atom is -0.383 e. The Kier molecular flexibility index (Phi) is 6.78. The molecule has 134 valence electrons. The molecule has 1 aromatic carbocycles. The average molecular weight is 344 g/mol. The molecule has 25 heavy (non-hydrogen) atoms. The van der Waals surface area contributed by atoms with Crippen molar-refractivity contribution in [2.75, 3.05) is 32.1 Å². The Labute approximate surface area is 147 Å². The molecule has 0 aromatic heterocycles. The summed E-state index contributed by atoms with van der Waals surface area (Å²) in [7, 11) is 1.59. The van der Waals surface area contributed by atoms with Crippen molar-refractivity contribution in [3.8, 4) is 6.07 Å². The first-order valence-corrected chi connectivity index (χ1v) is 8.39. The smallest absolute Gasteiger partial charge is 0.322 e. The molecule has 1 saturated heterocycles. The van der Waals surface area contributed by atoms with Crippen LogP contribution in [0, 0.1) is 17.2 Å². The fourth-order valence-corrected chi connectivity index (χ4v) is 2.85. The molecule has 1 aliphatic heterocycles. The normalized spacial score (nSPS) is 19.8. The second-order valence-corrected chi connectivity index (χ2v) is 6.18. The van der Waals surface area contributed by atoms with Crippen molar-refractivity contribution in [2.24, 2.45) is 5.92 Å². The first-order valence-electron chi connectivity index (χ1n) is 8.39. The molecule has 1 fully saturated rings. The highest BCUT2D eigenvalue weighted by atomic mass is 16.5. The number of nitriles is 1. The maximum atomic E-state index is 12.6. The highest BCUT2D eigenvalue weighted by Gasteiger charge is 2.32. The predicted octanol–water partition coefficient (Wildman–Crippen LogP) is 1.95. The van der Waals surface area contributed by atoms with E-state index in [-0.39, 0.29) is 23.9 Å². The molecule has 7 heteroatoms. The molecule has 2 N–H and O–H groups in total. The van der Waals surface area contributed by atoms with Crippen LogP contribution in [0.15, 0.2) is 24.3 Å². The van der Waals surface area contributed by atoms with Crippen LogP contribution < -0.4 is 10.6 Å². The number of carbonyl (C=O) groups excluding carboxylic acids is 2. The van der Waals surface area contributed by atoms with Crippen LogP contribution in [-0.2, 0) is 9.53 Å². The fourth-order valence-electron chi connectivity index (χ4n) is 2.85. The quantitative estimate of drug-likeness (QED) is 0.798. The van der Waals surface area contributed by atoms with Gasteiger partial charge in [-0.05, 0) is 44.0 Å². The topological polar surface area (TPSA) is 94.5 Å². The van der Waals surface area contributed by atoms with E-state index in [0.717, 1.165) is 12.8 Å². The Hall–Kier alpha value is -2.59. The lowest BCUT2D eigenvalue weighted by molar-refractivity contribution is -0.126. The van der Waals surface area contributed by atoms with E-state index in [4.69, 9.17) is 10.00 Å². The first-order chi connectivity index (χ1) is 12.0. The number of nitrogens with one attached hydrogen (secondary N) is 2. The molecule has 0 aliphatic carbocycles. The van der Waals surface area contributed by atoms with Crippen molar-refractivity contribution in [1.82, 2.24) is 10.2 Å². The highest BCUT2D eigenvalue weighted by molar-refractivity contribution is 5.90. The molecule has 0 unspecified atom stereocenters. The predicted molar refractivity (Wildman–Crippen MR) is 94.0 cm³/mol. The fraction of sp³-hybridized carbons (Fsp3) is 0.500. The lowest BCUT2D eigenvalue weighted by atomic mass is 9.93. The van der Waals surface area contributed by atoms with E-state index >= 15 is 0 Å². The van der Waals surface area contributed by atoms with Crippen LogP contribution >= 0.6 is 0 Å². The van der Waals surface area contributed by atoms with E-state index < -0.39 is 0 Å². The SMILES string of the molecule is COCCNC(=O)[C@H]1CC[C@H](C)N(C(=O)Nc2ccc(C#N)cc2)C1. The molecule has 1 aliphatic rings. The van der Waals surface area contributed by atoms with E-state index in [1.54, 1.807) is 36.3 Å². The number of hydrogen-bond donors (Lipinski definition) is 2. The minimum absolute atomic E-state index is 0.0416. The van der Waals surface area contributed by atoms with E-state index in [1.807, 2.05) is 13.0 Å². The number of piperidine rings is 1. The molecule has 1 heterocycles. The number of nitrogens with zero attached hydrogens (tertiary/aromatic N) is 2. The summed E-state index contributed by atoms with van der Waals surface area (Å²) in [6, 6.07) is 8.58. The summed E-state index contributed by atoms with van der Waals surface area (Å²) in [5.41, 5.74) is 1.17. The summed E-state index contributed by atoms with van der Waals surface area (Å²) in [5.74, 6) is -0.250. The average Bonchev–Trinajstić information content (AvgIpc) is 2.62. The number of ether oxygens (including phenoxy) is 1. The summed E-state index contributed by atoms with van der Waals surface area (Å²) in [6.07, 6.45) is 1.55. The van der Waals surface area contributed by atoms with Crippen LogP contribution in [0.3, 0.4) is 0 Å². The molecular formula is C18H24N4O3. The minimum atomic E-state index is -0.230. The monoisotopic (exact) mass is 344 g/mol. The van der Waals surface area contributed by atoms with Crippen molar-refractivity contribution in [1.29, 1.82) is 5.26 Å². The Balaban J connectivity index is 1.94. The van der Waals surface area contributed by atoms with Crippen molar-refractivity contribution < 1.29 is 14.3 Å². The van der Waals surface area contributed by atoms with Crippen molar-refractivity contribution in [3.63, 3.8) is 0 Å². The van der Waals surface area contributed by atoms with Gasteiger partial charge in [0.25, 0.3) is 0 Å². The molecule has 2 atom stereocenters. The van der Waals surface area contributed by atoms with Gasteiger partial charge in [-0.2, -0.15) is 5.26 Å². The lowest BCUT2D eigenvalue weighted by Gasteiger charge is -2.37. The number of hydrogen-bond acceptors (Lipinski definition) is 4. The third-order valence-electron chi connectivity index (χ3n) is 4.38. The third kappa shape index (κ3) is 5.19. The molecule has 0 saturated carbocycles. The maximum absolute atomic E-state index is 12.6. The Morgan fingerprint density at radius 2 is 2.04 bits per heavy atom. The van der Waals surface area contributed by atoms with Gasteiger partial charge in [0.15, 0.2) is 0 Å².